The highest BCUT2D eigenvalue weighted by Crippen LogP contribution is 2.34. The molecule has 0 saturated carbocycles. The van der Waals surface area contributed by atoms with Gasteiger partial charge in [-0.05, 0) is 6.92 Å². The van der Waals surface area contributed by atoms with E-state index in [2.05, 4.69) is 4.98 Å². The van der Waals surface area contributed by atoms with Gasteiger partial charge in [-0.15, -0.1) is 0 Å². The molecule has 1 radical (unpaired) electrons. The highest BCUT2D eigenvalue weighted by molar-refractivity contribution is 5.85. The van der Waals surface area contributed by atoms with Crippen molar-refractivity contribution in [3.05, 3.63) is 23.0 Å². The molecule has 0 unspecified atom stereocenters. The van der Waals surface area contributed by atoms with Gasteiger partial charge >= 0.3 is 0 Å². The number of aryl methyl sites for hydroxylation is 1. The summed E-state index contributed by atoms with van der Waals surface area (Å²) in [6, 6.07) is 0. The number of halogens is 1. The molecular weight excluding hydrogens is 230 g/mol. The van der Waals surface area contributed by atoms with E-state index in [4.69, 9.17) is 14.6 Å². The number of pyridine rings is 1. The van der Waals surface area contributed by atoms with Crippen LogP contribution < -0.4 is 4.74 Å². The fraction of sp³-hybridized carbons (Fsp3) is 0.545. The highest BCUT2D eigenvalue weighted by atomic mass is 35.5. The summed E-state index contributed by atoms with van der Waals surface area (Å²) in [7, 11) is 0. The van der Waals surface area contributed by atoms with E-state index in [1.165, 1.54) is 0 Å². The van der Waals surface area contributed by atoms with Crippen molar-refractivity contribution in [2.75, 3.05) is 0 Å². The van der Waals surface area contributed by atoms with Crippen LogP contribution in [0.15, 0.2) is 6.20 Å². The molecule has 1 aliphatic heterocycles. The zero-order chi connectivity index (χ0) is 11.1. The molecule has 4 nitrogen and oxygen atoms in total. The number of ether oxygens (including phenoxy) is 2. The number of rotatable bonds is 1. The van der Waals surface area contributed by atoms with Gasteiger partial charge in [0, 0.05) is 43.6 Å². The van der Waals surface area contributed by atoms with E-state index >= 15 is 0 Å². The van der Waals surface area contributed by atoms with Crippen molar-refractivity contribution >= 4 is 12.4 Å². The van der Waals surface area contributed by atoms with Gasteiger partial charge in [0.05, 0.1) is 18.9 Å². The Labute approximate surface area is 101 Å². The van der Waals surface area contributed by atoms with E-state index < -0.39 is 5.79 Å². The summed E-state index contributed by atoms with van der Waals surface area (Å²) in [6.45, 7) is 6.04. The summed E-state index contributed by atoms with van der Waals surface area (Å²) in [5.74, 6) is 0.130. The third kappa shape index (κ3) is 2.29. The summed E-state index contributed by atoms with van der Waals surface area (Å²) < 4.78 is 11.2. The molecule has 89 valence electrons. The largest absolute Gasteiger partial charge is 0.461 e. The fourth-order valence-corrected chi connectivity index (χ4v) is 1.63. The van der Waals surface area contributed by atoms with Crippen LogP contribution >= 0.6 is 12.4 Å². The molecule has 1 aromatic heterocycles. The Hall–Kier alpha value is -0.840. The fourth-order valence-electron chi connectivity index (χ4n) is 1.63. The maximum atomic E-state index is 9.16. The number of nitrogens with zero attached hydrogens (tertiary/aromatic N) is 1. The quantitative estimate of drug-likeness (QED) is 0.823. The van der Waals surface area contributed by atoms with E-state index in [1.54, 1.807) is 6.20 Å². The number of aliphatic hydroxyl groups is 1. The maximum absolute atomic E-state index is 9.16. The van der Waals surface area contributed by atoms with Crippen molar-refractivity contribution in [1.82, 2.24) is 4.98 Å². The number of hydrogen-bond acceptors (Lipinski definition) is 4. The third-order valence-corrected chi connectivity index (χ3v) is 2.49. The van der Waals surface area contributed by atoms with Crippen LogP contribution in [0.5, 0.6) is 5.75 Å². The lowest BCUT2D eigenvalue weighted by Crippen LogP contribution is -2.36. The summed E-state index contributed by atoms with van der Waals surface area (Å²) in [4.78, 5) is 4.19. The Kier molecular flexibility index (Phi) is 3.78. The SMILES string of the molecule is Cc1ncc(CO)c2c1OC(C)(C)OC2.[Cl]. The van der Waals surface area contributed by atoms with Crippen LogP contribution in [0.2, 0.25) is 0 Å². The van der Waals surface area contributed by atoms with Gasteiger partial charge in [-0.3, -0.25) is 4.98 Å². The maximum Gasteiger partial charge on any atom is 0.205 e. The first-order valence-corrected chi connectivity index (χ1v) is 4.94. The van der Waals surface area contributed by atoms with Gasteiger partial charge in [-0.1, -0.05) is 0 Å². The molecule has 0 atom stereocenters. The van der Waals surface area contributed by atoms with Crippen molar-refractivity contribution in [1.29, 1.82) is 0 Å². The zero-order valence-corrected chi connectivity index (χ0v) is 10.3. The van der Waals surface area contributed by atoms with E-state index in [-0.39, 0.29) is 19.0 Å². The van der Waals surface area contributed by atoms with Crippen molar-refractivity contribution < 1.29 is 14.6 Å². The Morgan fingerprint density at radius 2 is 2.19 bits per heavy atom. The van der Waals surface area contributed by atoms with E-state index in [1.807, 2.05) is 20.8 Å². The van der Waals surface area contributed by atoms with Gasteiger partial charge in [0.1, 0.15) is 5.75 Å². The average molecular weight is 245 g/mol. The standard InChI is InChI=1S/C11H15NO3.Cl/c1-7-10-9(8(5-13)4-12-7)6-14-11(2,3)15-10;/h4,13H,5-6H2,1-3H3;. The molecule has 0 aromatic carbocycles. The summed E-state index contributed by atoms with van der Waals surface area (Å²) in [5.41, 5.74) is 2.51. The molecule has 0 fully saturated rings. The van der Waals surface area contributed by atoms with Crippen LogP contribution in [0.25, 0.3) is 0 Å². The molecule has 1 aliphatic rings. The molecule has 2 heterocycles. The summed E-state index contributed by atoms with van der Waals surface area (Å²) in [5, 5.41) is 9.16. The number of hydrogen-bond donors (Lipinski definition) is 1. The lowest BCUT2D eigenvalue weighted by atomic mass is 10.1. The van der Waals surface area contributed by atoms with Gasteiger partial charge in [0.15, 0.2) is 0 Å². The van der Waals surface area contributed by atoms with Crippen LogP contribution in [-0.2, 0) is 18.0 Å². The zero-order valence-electron chi connectivity index (χ0n) is 9.58. The number of aliphatic hydroxyl groups excluding tert-OH is 1. The van der Waals surface area contributed by atoms with Gasteiger partial charge in [0.25, 0.3) is 0 Å². The second-order valence-electron chi connectivity index (χ2n) is 4.13. The number of aromatic nitrogens is 1. The second-order valence-corrected chi connectivity index (χ2v) is 4.13. The topological polar surface area (TPSA) is 51.6 Å². The van der Waals surface area contributed by atoms with Crippen LogP contribution in [0.1, 0.15) is 30.7 Å². The molecule has 16 heavy (non-hydrogen) atoms. The van der Waals surface area contributed by atoms with Crippen molar-refractivity contribution in [2.24, 2.45) is 0 Å². The first-order chi connectivity index (χ1) is 7.03. The normalized spacial score (nSPS) is 17.0. The van der Waals surface area contributed by atoms with Gasteiger partial charge in [0.2, 0.25) is 5.79 Å². The molecular formula is C11H15ClNO3. The summed E-state index contributed by atoms with van der Waals surface area (Å²) in [6.07, 6.45) is 1.67. The Bertz CT molecular complexity index is 393. The molecule has 1 aromatic rings. The second kappa shape index (κ2) is 4.57. The summed E-state index contributed by atoms with van der Waals surface area (Å²) >= 11 is 0. The first kappa shape index (κ1) is 13.2. The lowest BCUT2D eigenvalue weighted by Gasteiger charge is -2.33. The first-order valence-electron chi connectivity index (χ1n) is 4.94. The van der Waals surface area contributed by atoms with Gasteiger partial charge in [-0.2, -0.15) is 0 Å². The van der Waals surface area contributed by atoms with Gasteiger partial charge < -0.3 is 14.6 Å². The molecule has 0 bridgehead atoms. The molecule has 0 spiro atoms. The minimum absolute atomic E-state index is 0. The molecule has 2 rings (SSSR count). The molecule has 0 aliphatic carbocycles. The smallest absolute Gasteiger partial charge is 0.205 e. The predicted octanol–water partition coefficient (Wildman–Crippen LogP) is 2.22. The van der Waals surface area contributed by atoms with Crippen molar-refractivity contribution in [3.63, 3.8) is 0 Å². The van der Waals surface area contributed by atoms with E-state index in [0.29, 0.717) is 6.61 Å². The molecule has 5 heteroatoms. The average Bonchev–Trinajstić information content (AvgIpc) is 2.18. The van der Waals surface area contributed by atoms with E-state index in [0.717, 1.165) is 22.6 Å². The van der Waals surface area contributed by atoms with Crippen LogP contribution in [0, 0.1) is 6.92 Å². The van der Waals surface area contributed by atoms with Crippen LogP contribution in [0.4, 0.5) is 0 Å². The predicted molar refractivity (Wildman–Crippen MR) is 60.2 cm³/mol. The Morgan fingerprint density at radius 1 is 1.50 bits per heavy atom. The third-order valence-electron chi connectivity index (χ3n) is 2.49. The van der Waals surface area contributed by atoms with Crippen molar-refractivity contribution in [3.8, 4) is 5.75 Å². The Morgan fingerprint density at radius 3 is 2.81 bits per heavy atom. The minimum Gasteiger partial charge on any atom is -0.461 e. The molecule has 0 saturated heterocycles. The molecule has 1 N–H and O–H groups in total. The van der Waals surface area contributed by atoms with Gasteiger partial charge in [-0.25, -0.2) is 0 Å². The minimum atomic E-state index is -0.618. The van der Waals surface area contributed by atoms with Crippen LogP contribution in [-0.4, -0.2) is 15.9 Å². The van der Waals surface area contributed by atoms with Crippen LogP contribution in [0.3, 0.4) is 0 Å². The highest BCUT2D eigenvalue weighted by Gasteiger charge is 2.30. The Balaban J connectivity index is 0.00000128. The van der Waals surface area contributed by atoms with Crippen molar-refractivity contribution in [2.45, 2.75) is 39.8 Å². The monoisotopic (exact) mass is 244 g/mol. The number of fused-ring (bicyclic) bond motifs is 1. The molecule has 0 amide bonds. The van der Waals surface area contributed by atoms with E-state index in [9.17, 15) is 0 Å². The lowest BCUT2D eigenvalue weighted by molar-refractivity contribution is -0.181.